The maximum absolute atomic E-state index is 13.3. The summed E-state index contributed by atoms with van der Waals surface area (Å²) in [6, 6.07) is 12.2. The van der Waals surface area contributed by atoms with Gasteiger partial charge < -0.3 is 15.6 Å². The standard InChI is InChI=1S/C24H23FN6O2/c25-16-7-9-18(10-8-16)31-21(23(26)32)13-19(29-31)24(33)27-17-5-3-4-15(12-17)20-14-30-11-2-1-6-22(30)28-20/h3-5,7-10,12,14,21H,1-2,6,11,13H2,(H2,26,32)(H,27,33). The molecule has 5 rings (SSSR count). The highest BCUT2D eigenvalue weighted by Crippen LogP contribution is 2.27. The number of nitrogens with zero attached hydrogens (tertiary/aromatic N) is 4. The molecule has 168 valence electrons. The number of rotatable bonds is 5. The molecule has 0 aliphatic carbocycles. The molecule has 1 aromatic heterocycles. The van der Waals surface area contributed by atoms with Gasteiger partial charge in [0.05, 0.1) is 11.4 Å². The minimum Gasteiger partial charge on any atom is -0.368 e. The molecule has 2 aromatic carbocycles. The molecule has 0 saturated heterocycles. The average molecular weight is 446 g/mol. The lowest BCUT2D eigenvalue weighted by Crippen LogP contribution is -2.39. The first-order chi connectivity index (χ1) is 16.0. The largest absolute Gasteiger partial charge is 0.368 e. The summed E-state index contributed by atoms with van der Waals surface area (Å²) < 4.78 is 15.5. The molecule has 0 radical (unpaired) electrons. The Bertz CT molecular complexity index is 1230. The van der Waals surface area contributed by atoms with Gasteiger partial charge in [0, 0.05) is 36.8 Å². The molecule has 1 unspecified atom stereocenters. The Morgan fingerprint density at radius 3 is 2.70 bits per heavy atom. The monoisotopic (exact) mass is 446 g/mol. The summed E-state index contributed by atoms with van der Waals surface area (Å²) in [7, 11) is 0. The predicted octanol–water partition coefficient (Wildman–Crippen LogP) is 3.08. The molecule has 8 nitrogen and oxygen atoms in total. The van der Waals surface area contributed by atoms with E-state index in [0.717, 1.165) is 42.9 Å². The van der Waals surface area contributed by atoms with Gasteiger partial charge in [-0.15, -0.1) is 0 Å². The number of anilines is 2. The number of fused-ring (bicyclic) bond motifs is 1. The Hall–Kier alpha value is -4.01. The zero-order chi connectivity index (χ0) is 22.9. The molecule has 1 atom stereocenters. The zero-order valence-corrected chi connectivity index (χ0v) is 17.9. The zero-order valence-electron chi connectivity index (χ0n) is 17.9. The topological polar surface area (TPSA) is 106 Å². The summed E-state index contributed by atoms with van der Waals surface area (Å²) in [5.74, 6) is -0.359. The number of primary amides is 1. The Morgan fingerprint density at radius 1 is 1.12 bits per heavy atom. The molecule has 2 amide bonds. The number of aryl methyl sites for hydroxylation is 2. The van der Waals surface area contributed by atoms with Crippen molar-refractivity contribution in [2.75, 3.05) is 10.3 Å². The Labute approximate surface area is 189 Å². The van der Waals surface area contributed by atoms with Gasteiger partial charge >= 0.3 is 0 Å². The maximum Gasteiger partial charge on any atom is 0.271 e. The number of halogens is 1. The second-order valence-corrected chi connectivity index (χ2v) is 8.22. The van der Waals surface area contributed by atoms with Crippen LogP contribution in [0, 0.1) is 5.82 Å². The highest BCUT2D eigenvalue weighted by Gasteiger charge is 2.35. The van der Waals surface area contributed by atoms with Crippen molar-refractivity contribution in [1.82, 2.24) is 9.55 Å². The third-order valence-electron chi connectivity index (χ3n) is 5.92. The predicted molar refractivity (Wildman–Crippen MR) is 123 cm³/mol. The molecule has 0 saturated carbocycles. The first-order valence-corrected chi connectivity index (χ1v) is 10.9. The summed E-state index contributed by atoms with van der Waals surface area (Å²) in [6.45, 7) is 0.976. The van der Waals surface area contributed by atoms with Gasteiger partial charge in [-0.2, -0.15) is 5.10 Å². The van der Waals surface area contributed by atoms with Crippen molar-refractivity contribution in [3.63, 3.8) is 0 Å². The fourth-order valence-electron chi connectivity index (χ4n) is 4.21. The van der Waals surface area contributed by atoms with Gasteiger partial charge in [-0.05, 0) is 49.2 Å². The highest BCUT2D eigenvalue weighted by molar-refractivity contribution is 6.44. The number of hydrogen-bond donors (Lipinski definition) is 2. The van der Waals surface area contributed by atoms with Gasteiger partial charge in [0.15, 0.2) is 0 Å². The van der Waals surface area contributed by atoms with Gasteiger partial charge in [0.1, 0.15) is 23.4 Å². The molecule has 33 heavy (non-hydrogen) atoms. The van der Waals surface area contributed by atoms with E-state index in [0.29, 0.717) is 11.4 Å². The minimum atomic E-state index is -0.820. The van der Waals surface area contributed by atoms with E-state index < -0.39 is 23.7 Å². The van der Waals surface area contributed by atoms with Crippen LogP contribution in [-0.4, -0.2) is 33.1 Å². The van der Waals surface area contributed by atoms with E-state index in [1.165, 1.54) is 29.3 Å². The van der Waals surface area contributed by atoms with Gasteiger partial charge in [-0.3, -0.25) is 14.6 Å². The van der Waals surface area contributed by atoms with E-state index in [2.05, 4.69) is 21.2 Å². The Kier molecular flexibility index (Phi) is 5.37. The van der Waals surface area contributed by atoms with Crippen LogP contribution in [-0.2, 0) is 22.6 Å². The smallest absolute Gasteiger partial charge is 0.271 e. The molecule has 3 heterocycles. The molecular weight excluding hydrogens is 423 g/mol. The molecule has 0 spiro atoms. The number of imidazole rings is 1. The van der Waals surface area contributed by atoms with Crippen LogP contribution in [0.15, 0.2) is 59.8 Å². The normalized spacial score (nSPS) is 17.4. The van der Waals surface area contributed by atoms with Crippen molar-refractivity contribution in [1.29, 1.82) is 0 Å². The summed E-state index contributed by atoms with van der Waals surface area (Å²) in [6.07, 6.45) is 5.39. The molecule has 2 aliphatic heterocycles. The van der Waals surface area contributed by atoms with Crippen LogP contribution >= 0.6 is 0 Å². The van der Waals surface area contributed by atoms with Gasteiger partial charge in [0.2, 0.25) is 5.91 Å². The second-order valence-electron chi connectivity index (χ2n) is 8.22. The molecule has 3 N–H and O–H groups in total. The highest BCUT2D eigenvalue weighted by atomic mass is 19.1. The van der Waals surface area contributed by atoms with Crippen LogP contribution < -0.4 is 16.1 Å². The van der Waals surface area contributed by atoms with E-state index in [9.17, 15) is 14.0 Å². The van der Waals surface area contributed by atoms with Crippen LogP contribution in [0.2, 0.25) is 0 Å². The summed E-state index contributed by atoms with van der Waals surface area (Å²) in [5, 5.41) is 8.53. The number of aromatic nitrogens is 2. The molecular formula is C24H23FN6O2. The van der Waals surface area contributed by atoms with Crippen LogP contribution in [0.3, 0.4) is 0 Å². The van der Waals surface area contributed by atoms with Crippen molar-refractivity contribution >= 4 is 28.9 Å². The first kappa shape index (κ1) is 20.9. The van der Waals surface area contributed by atoms with E-state index in [4.69, 9.17) is 10.7 Å². The van der Waals surface area contributed by atoms with Crippen LogP contribution in [0.25, 0.3) is 11.3 Å². The van der Waals surface area contributed by atoms with Crippen molar-refractivity contribution in [3.05, 3.63) is 66.4 Å². The Morgan fingerprint density at radius 2 is 1.94 bits per heavy atom. The number of carbonyl (C=O) groups is 2. The number of hydrazone groups is 1. The number of amides is 2. The van der Waals surface area contributed by atoms with Gasteiger partial charge in [0.25, 0.3) is 5.91 Å². The lowest BCUT2D eigenvalue weighted by molar-refractivity contribution is -0.119. The average Bonchev–Trinajstić information content (AvgIpc) is 3.45. The molecule has 9 heteroatoms. The third-order valence-corrected chi connectivity index (χ3v) is 5.92. The van der Waals surface area contributed by atoms with E-state index in [-0.39, 0.29) is 12.1 Å². The van der Waals surface area contributed by atoms with Crippen molar-refractivity contribution < 1.29 is 14.0 Å². The number of nitrogens with one attached hydrogen (secondary N) is 1. The number of benzene rings is 2. The van der Waals surface area contributed by atoms with Crippen LogP contribution in [0.1, 0.15) is 25.1 Å². The fourth-order valence-corrected chi connectivity index (χ4v) is 4.21. The van der Waals surface area contributed by atoms with Gasteiger partial charge in [-0.25, -0.2) is 9.37 Å². The van der Waals surface area contributed by atoms with Crippen LogP contribution in [0.4, 0.5) is 15.8 Å². The lowest BCUT2D eigenvalue weighted by Gasteiger charge is -2.20. The maximum atomic E-state index is 13.3. The van der Waals surface area contributed by atoms with Crippen molar-refractivity contribution in [2.24, 2.45) is 10.8 Å². The number of nitrogens with two attached hydrogens (primary N) is 1. The van der Waals surface area contributed by atoms with E-state index in [1.807, 2.05) is 18.2 Å². The first-order valence-electron chi connectivity index (χ1n) is 10.9. The quantitative estimate of drug-likeness (QED) is 0.628. The number of carbonyl (C=O) groups excluding carboxylic acids is 2. The lowest BCUT2D eigenvalue weighted by atomic mass is 10.1. The molecule has 0 fully saturated rings. The minimum absolute atomic E-state index is 0.0615. The Balaban J connectivity index is 1.35. The van der Waals surface area contributed by atoms with Crippen LogP contribution in [0.5, 0.6) is 0 Å². The van der Waals surface area contributed by atoms with E-state index >= 15 is 0 Å². The number of hydrogen-bond acceptors (Lipinski definition) is 5. The fraction of sp³-hybridized carbons (Fsp3) is 0.250. The summed E-state index contributed by atoms with van der Waals surface area (Å²) in [4.78, 5) is 29.6. The summed E-state index contributed by atoms with van der Waals surface area (Å²) in [5.41, 5.74) is 8.56. The molecule has 2 aliphatic rings. The SMILES string of the molecule is NC(=O)C1CC(C(=O)Nc2cccc(-c3cn4c(n3)CCCC4)c2)=NN1c1ccc(F)cc1. The molecule has 0 bridgehead atoms. The third kappa shape index (κ3) is 4.21. The summed E-state index contributed by atoms with van der Waals surface area (Å²) >= 11 is 0. The van der Waals surface area contributed by atoms with Crippen molar-refractivity contribution in [2.45, 2.75) is 38.3 Å². The second kappa shape index (κ2) is 8.50. The van der Waals surface area contributed by atoms with E-state index in [1.54, 1.807) is 6.07 Å². The van der Waals surface area contributed by atoms with Crippen molar-refractivity contribution in [3.8, 4) is 11.3 Å². The molecule has 3 aromatic rings. The van der Waals surface area contributed by atoms with Gasteiger partial charge in [-0.1, -0.05) is 12.1 Å².